The second-order valence-electron chi connectivity index (χ2n) is 7.10. The maximum absolute atomic E-state index is 11.6. The molecule has 162 valence electrons. The molecule has 0 spiro atoms. The monoisotopic (exact) mass is 429 g/mol. The Morgan fingerprint density at radius 2 is 1.88 bits per heavy atom. The topological polar surface area (TPSA) is 104 Å². The summed E-state index contributed by atoms with van der Waals surface area (Å²) in [5, 5.41) is 3.40. The Bertz CT molecular complexity index is 1280. The molecule has 8 nitrogen and oxygen atoms in total. The molecule has 0 atom stereocenters. The summed E-state index contributed by atoms with van der Waals surface area (Å²) in [4.78, 5) is 20.1. The van der Waals surface area contributed by atoms with Crippen LogP contribution in [0.15, 0.2) is 67.5 Å². The molecule has 4 rings (SSSR count). The summed E-state index contributed by atoms with van der Waals surface area (Å²) in [7, 11) is 3.53. The first kappa shape index (κ1) is 20.9. The van der Waals surface area contributed by atoms with E-state index in [4.69, 9.17) is 15.2 Å². The first-order valence-corrected chi connectivity index (χ1v) is 9.90. The molecule has 0 aliphatic heterocycles. The van der Waals surface area contributed by atoms with Crippen LogP contribution in [0.2, 0.25) is 0 Å². The Kier molecular flexibility index (Phi) is 5.76. The van der Waals surface area contributed by atoms with E-state index in [1.54, 1.807) is 7.11 Å². The van der Waals surface area contributed by atoms with Crippen molar-refractivity contribution < 1.29 is 14.3 Å². The lowest BCUT2D eigenvalue weighted by atomic mass is 10.1. The van der Waals surface area contributed by atoms with E-state index in [1.807, 2.05) is 60.1 Å². The van der Waals surface area contributed by atoms with Crippen molar-refractivity contribution in [3.63, 3.8) is 0 Å². The van der Waals surface area contributed by atoms with Crippen molar-refractivity contribution in [2.75, 3.05) is 18.2 Å². The number of nitrogens with one attached hydrogen (secondary N) is 1. The van der Waals surface area contributed by atoms with Gasteiger partial charge in [-0.2, -0.15) is 0 Å². The average molecular weight is 429 g/mol. The Morgan fingerprint density at radius 1 is 1.16 bits per heavy atom. The molecule has 8 heteroatoms. The molecular formula is C24H23N5O3. The molecule has 0 saturated heterocycles. The molecule has 3 N–H and O–H groups in total. The van der Waals surface area contributed by atoms with E-state index in [0.717, 1.165) is 22.6 Å². The van der Waals surface area contributed by atoms with Crippen molar-refractivity contribution in [3.05, 3.63) is 73.1 Å². The van der Waals surface area contributed by atoms with E-state index in [1.165, 1.54) is 12.4 Å². The number of benzene rings is 2. The van der Waals surface area contributed by atoms with E-state index in [2.05, 4.69) is 21.9 Å². The van der Waals surface area contributed by atoms with Crippen molar-refractivity contribution in [1.29, 1.82) is 0 Å². The van der Waals surface area contributed by atoms with Crippen molar-refractivity contribution >= 4 is 28.4 Å². The number of nitrogen functional groups attached to an aromatic ring is 1. The quantitative estimate of drug-likeness (QED) is 0.432. The Labute approximate surface area is 185 Å². The van der Waals surface area contributed by atoms with Crippen LogP contribution in [0, 0.1) is 0 Å². The Balaban J connectivity index is 1.74. The lowest BCUT2D eigenvalue weighted by Crippen LogP contribution is -2.06. The first-order valence-electron chi connectivity index (χ1n) is 9.90. The van der Waals surface area contributed by atoms with Gasteiger partial charge in [-0.1, -0.05) is 30.8 Å². The van der Waals surface area contributed by atoms with Crippen LogP contribution in [0.5, 0.6) is 11.5 Å². The molecule has 32 heavy (non-hydrogen) atoms. The van der Waals surface area contributed by atoms with Gasteiger partial charge in [0.15, 0.2) is 5.75 Å². The van der Waals surface area contributed by atoms with E-state index in [0.29, 0.717) is 34.9 Å². The Hall–Kier alpha value is -4.33. The summed E-state index contributed by atoms with van der Waals surface area (Å²) in [5.74, 6) is 1.45. The second-order valence-corrected chi connectivity index (χ2v) is 7.10. The van der Waals surface area contributed by atoms with Gasteiger partial charge >= 0.3 is 0 Å². The predicted molar refractivity (Wildman–Crippen MR) is 125 cm³/mol. The summed E-state index contributed by atoms with van der Waals surface area (Å²) in [6.07, 6.45) is 2.66. The van der Waals surface area contributed by atoms with Crippen molar-refractivity contribution in [1.82, 2.24) is 14.5 Å². The van der Waals surface area contributed by atoms with Crippen LogP contribution < -0.4 is 20.5 Å². The van der Waals surface area contributed by atoms with Crippen LogP contribution in [-0.4, -0.2) is 27.6 Å². The van der Waals surface area contributed by atoms with E-state index < -0.39 is 0 Å². The summed E-state index contributed by atoms with van der Waals surface area (Å²) in [6, 6.07) is 15.1. The molecular weight excluding hydrogens is 406 g/mol. The van der Waals surface area contributed by atoms with Crippen LogP contribution in [0.1, 0.15) is 5.56 Å². The maximum atomic E-state index is 11.6. The van der Waals surface area contributed by atoms with E-state index in [9.17, 15) is 4.79 Å². The maximum Gasteiger partial charge on any atom is 0.247 e. The van der Waals surface area contributed by atoms with E-state index >= 15 is 0 Å². The fourth-order valence-corrected chi connectivity index (χ4v) is 3.49. The number of aryl methyl sites for hydroxylation is 1. The number of amides is 1. The van der Waals surface area contributed by atoms with Crippen LogP contribution in [0.3, 0.4) is 0 Å². The molecule has 0 aliphatic carbocycles. The minimum atomic E-state index is -0.270. The molecule has 0 unspecified atom stereocenters. The minimum Gasteiger partial charge on any atom is -0.497 e. The number of nitrogens with zero attached hydrogens (tertiary/aromatic N) is 3. The lowest BCUT2D eigenvalue weighted by molar-refractivity contribution is -0.111. The summed E-state index contributed by atoms with van der Waals surface area (Å²) < 4.78 is 13.4. The third kappa shape index (κ3) is 3.98. The number of hydrogen-bond donors (Lipinski definition) is 2. The molecule has 4 aromatic rings. The summed E-state index contributed by atoms with van der Waals surface area (Å²) in [6.45, 7) is 3.80. The number of carbonyl (C=O) groups excluding carboxylic acids is 1. The minimum absolute atomic E-state index is 0.270. The number of nitrogens with two attached hydrogens (primary N) is 1. The summed E-state index contributed by atoms with van der Waals surface area (Å²) >= 11 is 0. The molecule has 0 bridgehead atoms. The number of methoxy groups -OCH3 is 1. The van der Waals surface area contributed by atoms with Crippen molar-refractivity contribution in [3.8, 4) is 22.8 Å². The highest BCUT2D eigenvalue weighted by molar-refractivity contribution is 6.00. The standard InChI is InChI=1S/C24H23N5O3/c1-4-19(30)28-17-9-7-16(8-10-17)21-22(20-23(25)26-14-27-24(20)29(21)2)32-13-15-5-11-18(31-3)12-6-15/h4-12,14H,1,13H2,2-3H3,(H,28,30)(H2,25,26,27). The molecule has 0 fully saturated rings. The third-order valence-corrected chi connectivity index (χ3v) is 5.11. The predicted octanol–water partition coefficient (Wildman–Crippen LogP) is 3.93. The van der Waals surface area contributed by atoms with Crippen LogP contribution >= 0.6 is 0 Å². The number of anilines is 2. The summed E-state index contributed by atoms with van der Waals surface area (Å²) in [5.41, 5.74) is 10.2. The Morgan fingerprint density at radius 3 is 2.53 bits per heavy atom. The fourth-order valence-electron chi connectivity index (χ4n) is 3.49. The molecule has 2 heterocycles. The van der Waals surface area contributed by atoms with Gasteiger partial charge in [0, 0.05) is 18.3 Å². The van der Waals surface area contributed by atoms with Gasteiger partial charge in [0.25, 0.3) is 0 Å². The molecule has 0 aliphatic rings. The van der Waals surface area contributed by atoms with Crippen LogP contribution in [0.4, 0.5) is 11.5 Å². The lowest BCUT2D eigenvalue weighted by Gasteiger charge is -2.11. The smallest absolute Gasteiger partial charge is 0.247 e. The van der Waals surface area contributed by atoms with Gasteiger partial charge in [0.1, 0.15) is 35.5 Å². The number of rotatable bonds is 7. The van der Waals surface area contributed by atoms with Gasteiger partial charge in [-0.05, 0) is 35.9 Å². The van der Waals surface area contributed by atoms with E-state index in [-0.39, 0.29) is 5.91 Å². The van der Waals surface area contributed by atoms with Crippen molar-refractivity contribution in [2.45, 2.75) is 6.61 Å². The van der Waals surface area contributed by atoms with Gasteiger partial charge in [-0.3, -0.25) is 4.79 Å². The molecule has 0 saturated carbocycles. The third-order valence-electron chi connectivity index (χ3n) is 5.11. The second kappa shape index (κ2) is 8.81. The number of aromatic nitrogens is 3. The first-order chi connectivity index (χ1) is 15.5. The van der Waals surface area contributed by atoms with Gasteiger partial charge in [-0.15, -0.1) is 0 Å². The van der Waals surface area contributed by atoms with Gasteiger partial charge in [0.05, 0.1) is 12.8 Å². The van der Waals surface area contributed by atoms with Gasteiger partial charge in [-0.25, -0.2) is 9.97 Å². The number of carbonyl (C=O) groups is 1. The molecule has 2 aromatic carbocycles. The number of fused-ring (bicyclic) bond motifs is 1. The average Bonchev–Trinajstić information content (AvgIpc) is 3.11. The zero-order valence-corrected chi connectivity index (χ0v) is 17.8. The van der Waals surface area contributed by atoms with Crippen LogP contribution in [0.25, 0.3) is 22.3 Å². The normalized spacial score (nSPS) is 10.7. The fraction of sp³-hybridized carbons (Fsp3) is 0.125. The SMILES string of the molecule is C=CC(=O)Nc1ccc(-c2c(OCc3ccc(OC)cc3)c3c(N)ncnc3n2C)cc1. The zero-order valence-electron chi connectivity index (χ0n) is 17.8. The molecule has 0 radical (unpaired) electrons. The highest BCUT2D eigenvalue weighted by Gasteiger charge is 2.22. The highest BCUT2D eigenvalue weighted by atomic mass is 16.5. The highest BCUT2D eigenvalue weighted by Crippen LogP contribution is 2.41. The number of hydrogen-bond acceptors (Lipinski definition) is 6. The zero-order chi connectivity index (χ0) is 22.7. The van der Waals surface area contributed by atoms with Crippen molar-refractivity contribution in [2.24, 2.45) is 7.05 Å². The molecule has 2 aromatic heterocycles. The van der Waals surface area contributed by atoms with Gasteiger partial charge in [0.2, 0.25) is 5.91 Å². The largest absolute Gasteiger partial charge is 0.497 e. The van der Waals surface area contributed by atoms with Crippen LogP contribution in [-0.2, 0) is 18.4 Å². The van der Waals surface area contributed by atoms with Gasteiger partial charge < -0.3 is 25.1 Å². The number of ether oxygens (including phenoxy) is 2. The molecule has 1 amide bonds.